The molecule has 1 amide bonds. The average Bonchev–Trinajstić information content (AvgIpc) is 3.27. The molecular formula is C22H13Cl2F2NO4. The molecule has 0 aliphatic carbocycles. The minimum atomic E-state index is -1.33. The Labute approximate surface area is 185 Å². The van der Waals surface area contributed by atoms with E-state index in [0.717, 1.165) is 23.1 Å². The Balaban J connectivity index is 1.98. The molecule has 158 valence electrons. The molecule has 0 bridgehead atoms. The highest BCUT2D eigenvalue weighted by Crippen LogP contribution is 2.43. The maximum atomic E-state index is 14.6. The van der Waals surface area contributed by atoms with Crippen molar-refractivity contribution in [2.45, 2.75) is 13.0 Å². The maximum Gasteiger partial charge on any atom is 0.300 e. The Kier molecular flexibility index (Phi) is 5.33. The summed E-state index contributed by atoms with van der Waals surface area (Å²) < 4.78 is 34.0. The van der Waals surface area contributed by atoms with Crippen LogP contribution in [0.4, 0.5) is 14.5 Å². The van der Waals surface area contributed by atoms with Crippen molar-refractivity contribution in [2.24, 2.45) is 0 Å². The third kappa shape index (κ3) is 3.60. The van der Waals surface area contributed by atoms with Gasteiger partial charge in [0.1, 0.15) is 35.0 Å². The Hall–Kier alpha value is -3.16. The quantitative estimate of drug-likeness (QED) is 0.302. The Morgan fingerprint density at radius 2 is 1.77 bits per heavy atom. The number of furan rings is 1. The van der Waals surface area contributed by atoms with E-state index in [0.29, 0.717) is 5.76 Å². The molecule has 0 spiro atoms. The van der Waals surface area contributed by atoms with Crippen molar-refractivity contribution >= 4 is 46.3 Å². The molecule has 3 aromatic rings. The second-order valence-corrected chi connectivity index (χ2v) is 7.66. The zero-order valence-electron chi connectivity index (χ0n) is 15.8. The van der Waals surface area contributed by atoms with Crippen molar-refractivity contribution in [1.29, 1.82) is 0 Å². The van der Waals surface area contributed by atoms with Crippen molar-refractivity contribution in [3.8, 4) is 0 Å². The molecule has 2 aromatic carbocycles. The molecule has 5 nitrogen and oxygen atoms in total. The van der Waals surface area contributed by atoms with Crippen LogP contribution in [0.1, 0.15) is 23.1 Å². The van der Waals surface area contributed by atoms with Crippen LogP contribution in [0.5, 0.6) is 0 Å². The molecule has 1 N–H and O–H groups in total. The number of hydrogen-bond donors (Lipinski definition) is 1. The molecule has 4 rings (SSSR count). The molecule has 1 aliphatic rings. The monoisotopic (exact) mass is 463 g/mol. The number of nitrogens with zero attached hydrogens (tertiary/aromatic N) is 1. The number of hydrogen-bond acceptors (Lipinski definition) is 4. The Bertz CT molecular complexity index is 1270. The molecule has 1 fully saturated rings. The van der Waals surface area contributed by atoms with Gasteiger partial charge in [-0.3, -0.25) is 14.5 Å². The molecule has 1 saturated heterocycles. The van der Waals surface area contributed by atoms with Crippen LogP contribution in [0, 0.1) is 18.6 Å². The third-order valence-electron chi connectivity index (χ3n) is 4.84. The predicted octanol–water partition coefficient (Wildman–Crippen LogP) is 5.80. The van der Waals surface area contributed by atoms with Gasteiger partial charge in [-0.25, -0.2) is 8.78 Å². The Morgan fingerprint density at radius 3 is 2.42 bits per heavy atom. The summed E-state index contributed by atoms with van der Waals surface area (Å²) in [6.07, 6.45) is 0. The van der Waals surface area contributed by atoms with Crippen LogP contribution in [0.15, 0.2) is 58.5 Å². The highest BCUT2D eigenvalue weighted by Gasteiger charge is 2.49. The molecule has 1 aromatic heterocycles. The number of aliphatic hydroxyl groups excluding tert-OH is 1. The van der Waals surface area contributed by atoms with Crippen LogP contribution < -0.4 is 4.90 Å². The second kappa shape index (κ2) is 7.83. The van der Waals surface area contributed by atoms with Crippen LogP contribution in [0.2, 0.25) is 10.0 Å². The van der Waals surface area contributed by atoms with E-state index in [1.807, 2.05) is 0 Å². The molecular weight excluding hydrogens is 451 g/mol. The summed E-state index contributed by atoms with van der Waals surface area (Å²) in [6.45, 7) is 1.64. The normalized spacial score (nSPS) is 18.1. The van der Waals surface area contributed by atoms with E-state index in [1.165, 1.54) is 24.3 Å². The summed E-state index contributed by atoms with van der Waals surface area (Å²) in [7, 11) is 0. The van der Waals surface area contributed by atoms with Gasteiger partial charge in [0.15, 0.2) is 0 Å². The van der Waals surface area contributed by atoms with E-state index >= 15 is 0 Å². The van der Waals surface area contributed by atoms with Crippen molar-refractivity contribution in [2.75, 3.05) is 4.90 Å². The van der Waals surface area contributed by atoms with Crippen LogP contribution in [0.3, 0.4) is 0 Å². The van der Waals surface area contributed by atoms with Gasteiger partial charge in [0.25, 0.3) is 11.7 Å². The number of aryl methyl sites for hydroxylation is 1. The zero-order chi connectivity index (χ0) is 22.4. The standard InChI is InChI=1S/C22H13Cl2F2NO4/c1-10-2-7-17(31-10)19-18(20(28)11-3-5-13(23)14(24)8-11)21(29)22(30)27(19)16-9-12(25)4-6-15(16)26/h2-9,19,28H,1H3/b20-18-. The van der Waals surface area contributed by atoms with Crippen molar-refractivity contribution < 1.29 is 27.9 Å². The molecule has 0 radical (unpaired) electrons. The number of carbonyl (C=O) groups excluding carboxylic acids is 2. The van der Waals surface area contributed by atoms with E-state index in [-0.39, 0.29) is 26.9 Å². The molecule has 1 unspecified atom stereocenters. The van der Waals surface area contributed by atoms with Crippen LogP contribution in [-0.4, -0.2) is 16.8 Å². The van der Waals surface area contributed by atoms with Gasteiger partial charge in [-0.1, -0.05) is 23.2 Å². The largest absolute Gasteiger partial charge is 0.507 e. The molecule has 1 aliphatic heterocycles. The lowest BCUT2D eigenvalue weighted by molar-refractivity contribution is -0.132. The summed E-state index contributed by atoms with van der Waals surface area (Å²) in [5.41, 5.74) is -0.712. The van der Waals surface area contributed by atoms with Gasteiger partial charge in [0, 0.05) is 11.6 Å². The summed E-state index contributed by atoms with van der Waals surface area (Å²) in [5.74, 6) is -3.99. The first-order chi connectivity index (χ1) is 14.7. The fourth-order valence-electron chi connectivity index (χ4n) is 3.42. The molecule has 1 atom stereocenters. The lowest BCUT2D eigenvalue weighted by Gasteiger charge is -2.23. The summed E-state index contributed by atoms with van der Waals surface area (Å²) in [6, 6.07) is 8.39. The smallest absolute Gasteiger partial charge is 0.300 e. The zero-order valence-corrected chi connectivity index (χ0v) is 17.3. The number of anilines is 1. The van der Waals surface area contributed by atoms with Gasteiger partial charge >= 0.3 is 0 Å². The van der Waals surface area contributed by atoms with Crippen LogP contribution >= 0.6 is 23.2 Å². The first-order valence-electron chi connectivity index (χ1n) is 8.97. The lowest BCUT2D eigenvalue weighted by Crippen LogP contribution is -2.30. The van der Waals surface area contributed by atoms with E-state index in [9.17, 15) is 23.5 Å². The molecule has 0 saturated carbocycles. The number of Topliss-reactive ketones (excluding diaryl/α,β-unsaturated/α-hetero) is 1. The second-order valence-electron chi connectivity index (χ2n) is 6.84. The van der Waals surface area contributed by atoms with Crippen molar-refractivity contribution in [3.05, 3.63) is 92.9 Å². The maximum absolute atomic E-state index is 14.6. The van der Waals surface area contributed by atoms with Gasteiger partial charge in [0.05, 0.1) is 21.3 Å². The summed E-state index contributed by atoms with van der Waals surface area (Å²) in [5, 5.41) is 11.3. The number of amides is 1. The molecule has 9 heteroatoms. The van der Waals surface area contributed by atoms with Crippen molar-refractivity contribution in [1.82, 2.24) is 0 Å². The number of halogens is 4. The van der Waals surface area contributed by atoms with Gasteiger partial charge in [-0.2, -0.15) is 0 Å². The van der Waals surface area contributed by atoms with Gasteiger partial charge in [-0.15, -0.1) is 0 Å². The predicted molar refractivity (Wildman–Crippen MR) is 111 cm³/mol. The summed E-state index contributed by atoms with van der Waals surface area (Å²) >= 11 is 11.9. The van der Waals surface area contributed by atoms with Crippen molar-refractivity contribution in [3.63, 3.8) is 0 Å². The van der Waals surface area contributed by atoms with Crippen LogP contribution in [-0.2, 0) is 9.59 Å². The van der Waals surface area contributed by atoms with Gasteiger partial charge < -0.3 is 9.52 Å². The van der Waals surface area contributed by atoms with E-state index in [2.05, 4.69) is 0 Å². The highest BCUT2D eigenvalue weighted by molar-refractivity contribution is 6.51. The number of aliphatic hydroxyl groups is 1. The number of rotatable bonds is 3. The third-order valence-corrected chi connectivity index (χ3v) is 5.57. The molecule has 2 heterocycles. The number of carbonyl (C=O) groups is 2. The fraction of sp³-hybridized carbons (Fsp3) is 0.0909. The van der Waals surface area contributed by atoms with E-state index < -0.39 is 40.8 Å². The summed E-state index contributed by atoms with van der Waals surface area (Å²) in [4.78, 5) is 26.6. The topological polar surface area (TPSA) is 70.8 Å². The molecule has 31 heavy (non-hydrogen) atoms. The fourth-order valence-corrected chi connectivity index (χ4v) is 3.72. The average molecular weight is 464 g/mol. The Morgan fingerprint density at radius 1 is 1.03 bits per heavy atom. The lowest BCUT2D eigenvalue weighted by atomic mass is 9.99. The minimum absolute atomic E-state index is 0.0852. The number of ketones is 1. The van der Waals surface area contributed by atoms with Gasteiger partial charge in [0.2, 0.25) is 0 Å². The van der Waals surface area contributed by atoms with E-state index in [1.54, 1.807) is 13.0 Å². The minimum Gasteiger partial charge on any atom is -0.507 e. The van der Waals surface area contributed by atoms with E-state index in [4.69, 9.17) is 27.6 Å². The number of benzene rings is 2. The first kappa shape index (κ1) is 21.1. The van der Waals surface area contributed by atoms with Gasteiger partial charge in [-0.05, 0) is 49.4 Å². The SMILES string of the molecule is Cc1ccc(C2/C(=C(/O)c3ccc(Cl)c(Cl)c3)C(=O)C(=O)N2c2cc(F)ccc2F)o1. The first-order valence-corrected chi connectivity index (χ1v) is 9.72. The van der Waals surface area contributed by atoms with Crippen LogP contribution in [0.25, 0.3) is 5.76 Å². The highest BCUT2D eigenvalue weighted by atomic mass is 35.5.